The van der Waals surface area contributed by atoms with Crippen LogP contribution in [0.3, 0.4) is 0 Å². The highest BCUT2D eigenvalue weighted by Crippen LogP contribution is 2.10. The summed E-state index contributed by atoms with van der Waals surface area (Å²) in [4.78, 5) is 11.7. The molecule has 0 radical (unpaired) electrons. The van der Waals surface area contributed by atoms with Gasteiger partial charge in [-0.1, -0.05) is 6.08 Å². The topological polar surface area (TPSA) is 59.9 Å². The molecular weight excluding hydrogens is 216 g/mol. The summed E-state index contributed by atoms with van der Waals surface area (Å²) < 4.78 is 5.30. The monoisotopic (exact) mass is 228 g/mol. The highest BCUT2D eigenvalue weighted by atomic mass is 35.5. The van der Waals surface area contributed by atoms with Crippen LogP contribution in [0.2, 0.25) is 5.28 Å². The van der Waals surface area contributed by atoms with Crippen LogP contribution in [0.4, 0.5) is 5.95 Å². The highest BCUT2D eigenvalue weighted by molar-refractivity contribution is 6.28. The average molecular weight is 229 g/mol. The first-order valence-electron chi connectivity index (χ1n) is 4.59. The summed E-state index contributed by atoms with van der Waals surface area (Å²) in [7, 11) is 1.70. The largest absolute Gasteiger partial charge is 0.463 e. The van der Waals surface area contributed by atoms with Gasteiger partial charge >= 0.3 is 6.01 Å². The van der Waals surface area contributed by atoms with Crippen LogP contribution in [-0.4, -0.2) is 28.6 Å². The van der Waals surface area contributed by atoms with Gasteiger partial charge in [-0.15, -0.1) is 6.58 Å². The number of rotatable bonds is 6. The minimum Gasteiger partial charge on any atom is -0.463 e. The van der Waals surface area contributed by atoms with E-state index in [-0.39, 0.29) is 11.3 Å². The summed E-state index contributed by atoms with van der Waals surface area (Å²) in [6, 6.07) is 0.239. The molecule has 1 N–H and O–H groups in total. The number of unbranched alkanes of at least 4 members (excludes halogenated alkanes) is 1. The number of hydrogen-bond acceptors (Lipinski definition) is 5. The van der Waals surface area contributed by atoms with E-state index >= 15 is 0 Å². The zero-order chi connectivity index (χ0) is 11.1. The Hall–Kier alpha value is -1.36. The smallest absolute Gasteiger partial charge is 0.322 e. The molecule has 1 aromatic rings. The summed E-state index contributed by atoms with van der Waals surface area (Å²) in [5.74, 6) is 0.397. The van der Waals surface area contributed by atoms with Crippen LogP contribution in [0.5, 0.6) is 6.01 Å². The fraction of sp³-hybridized carbons (Fsp3) is 0.444. The maximum absolute atomic E-state index is 5.67. The molecule has 0 fully saturated rings. The van der Waals surface area contributed by atoms with Gasteiger partial charge in [-0.3, -0.25) is 0 Å². The molecule has 0 aliphatic carbocycles. The minimum atomic E-state index is 0.119. The third-order valence-electron chi connectivity index (χ3n) is 1.59. The van der Waals surface area contributed by atoms with E-state index in [2.05, 4.69) is 26.8 Å². The van der Waals surface area contributed by atoms with Crippen molar-refractivity contribution in [3.63, 3.8) is 0 Å². The molecule has 0 spiro atoms. The van der Waals surface area contributed by atoms with Crippen molar-refractivity contribution in [2.45, 2.75) is 12.8 Å². The SMILES string of the molecule is C=CCCCOc1nc(Cl)nc(NC)n1. The van der Waals surface area contributed by atoms with E-state index in [9.17, 15) is 0 Å². The van der Waals surface area contributed by atoms with Crippen molar-refractivity contribution in [3.8, 4) is 6.01 Å². The predicted octanol–water partition coefficient (Wildman–Crippen LogP) is 1.91. The quantitative estimate of drug-likeness (QED) is 0.595. The third-order valence-corrected chi connectivity index (χ3v) is 1.76. The number of nitrogens with one attached hydrogen (secondary N) is 1. The molecule has 5 nitrogen and oxygen atoms in total. The van der Waals surface area contributed by atoms with Crippen molar-refractivity contribution in [2.24, 2.45) is 0 Å². The molecule has 0 saturated carbocycles. The Bertz CT molecular complexity index is 332. The third kappa shape index (κ3) is 4.12. The van der Waals surface area contributed by atoms with Gasteiger partial charge in [-0.05, 0) is 24.4 Å². The average Bonchev–Trinajstić information content (AvgIpc) is 2.23. The van der Waals surface area contributed by atoms with Crippen LogP contribution >= 0.6 is 11.6 Å². The van der Waals surface area contributed by atoms with Crippen molar-refractivity contribution in [2.75, 3.05) is 19.0 Å². The molecule has 0 aromatic carbocycles. The van der Waals surface area contributed by atoms with Gasteiger partial charge in [0.05, 0.1) is 6.61 Å². The van der Waals surface area contributed by atoms with Crippen molar-refractivity contribution in [1.29, 1.82) is 0 Å². The molecule has 15 heavy (non-hydrogen) atoms. The van der Waals surface area contributed by atoms with E-state index in [1.807, 2.05) is 6.08 Å². The van der Waals surface area contributed by atoms with Crippen LogP contribution in [-0.2, 0) is 0 Å². The Morgan fingerprint density at radius 1 is 1.47 bits per heavy atom. The molecule has 0 unspecified atom stereocenters. The van der Waals surface area contributed by atoms with E-state index < -0.39 is 0 Å². The normalized spacial score (nSPS) is 9.73. The summed E-state index contributed by atoms with van der Waals surface area (Å²) in [5.41, 5.74) is 0. The number of hydrogen-bond donors (Lipinski definition) is 1. The molecule has 6 heteroatoms. The number of anilines is 1. The van der Waals surface area contributed by atoms with Crippen LogP contribution in [0.25, 0.3) is 0 Å². The molecule has 0 bridgehead atoms. The van der Waals surface area contributed by atoms with Crippen LogP contribution in [0.15, 0.2) is 12.7 Å². The molecule has 0 saturated heterocycles. The summed E-state index contributed by atoms with van der Waals surface area (Å²) in [5, 5.41) is 2.89. The van der Waals surface area contributed by atoms with E-state index in [0.29, 0.717) is 12.6 Å². The van der Waals surface area contributed by atoms with Gasteiger partial charge in [0.1, 0.15) is 0 Å². The molecule has 0 aliphatic rings. The van der Waals surface area contributed by atoms with Gasteiger partial charge in [-0.25, -0.2) is 0 Å². The first-order chi connectivity index (χ1) is 7.26. The van der Waals surface area contributed by atoms with Crippen LogP contribution < -0.4 is 10.1 Å². The fourth-order valence-electron chi connectivity index (χ4n) is 0.899. The minimum absolute atomic E-state index is 0.119. The fourth-order valence-corrected chi connectivity index (χ4v) is 1.05. The zero-order valence-electron chi connectivity index (χ0n) is 8.53. The van der Waals surface area contributed by atoms with Gasteiger partial charge in [-0.2, -0.15) is 15.0 Å². The molecule has 1 rings (SSSR count). The summed E-state index contributed by atoms with van der Waals surface area (Å²) >= 11 is 5.67. The lowest BCUT2D eigenvalue weighted by Crippen LogP contribution is -2.05. The van der Waals surface area contributed by atoms with E-state index in [1.165, 1.54) is 0 Å². The first-order valence-corrected chi connectivity index (χ1v) is 4.97. The van der Waals surface area contributed by atoms with E-state index in [1.54, 1.807) is 7.05 Å². The van der Waals surface area contributed by atoms with E-state index in [4.69, 9.17) is 16.3 Å². The first kappa shape index (κ1) is 11.7. The van der Waals surface area contributed by atoms with Gasteiger partial charge in [0.15, 0.2) is 0 Å². The Morgan fingerprint density at radius 2 is 2.27 bits per heavy atom. The van der Waals surface area contributed by atoms with Crippen LogP contribution in [0, 0.1) is 0 Å². The number of aromatic nitrogens is 3. The molecular formula is C9H13ClN4O. The van der Waals surface area contributed by atoms with Gasteiger partial charge < -0.3 is 10.1 Å². The Kier molecular flexibility index (Phi) is 4.83. The van der Waals surface area contributed by atoms with Crippen LogP contribution in [0.1, 0.15) is 12.8 Å². The Labute approximate surface area is 93.6 Å². The molecule has 1 aromatic heterocycles. The maximum Gasteiger partial charge on any atom is 0.322 e. The standard InChI is InChI=1S/C9H13ClN4O/c1-3-4-5-6-15-9-13-7(10)12-8(11-2)14-9/h3H,1,4-6H2,2H3,(H,11,12,13,14). The molecule has 0 atom stereocenters. The second kappa shape index (κ2) is 6.19. The van der Waals surface area contributed by atoms with Gasteiger partial charge in [0, 0.05) is 7.05 Å². The number of nitrogens with zero attached hydrogens (tertiary/aromatic N) is 3. The lowest BCUT2D eigenvalue weighted by Gasteiger charge is -2.04. The molecule has 82 valence electrons. The zero-order valence-corrected chi connectivity index (χ0v) is 9.29. The van der Waals surface area contributed by atoms with Crippen molar-refractivity contribution < 1.29 is 4.74 Å². The summed E-state index contributed by atoms with van der Waals surface area (Å²) in [6.07, 6.45) is 3.61. The Balaban J connectivity index is 2.52. The van der Waals surface area contributed by atoms with Gasteiger partial charge in [0.2, 0.25) is 11.2 Å². The lowest BCUT2D eigenvalue weighted by atomic mass is 10.3. The predicted molar refractivity (Wildman–Crippen MR) is 59.3 cm³/mol. The number of ether oxygens (including phenoxy) is 1. The van der Waals surface area contributed by atoms with Crippen molar-refractivity contribution >= 4 is 17.5 Å². The van der Waals surface area contributed by atoms with Crippen molar-refractivity contribution in [1.82, 2.24) is 15.0 Å². The number of halogens is 1. The van der Waals surface area contributed by atoms with E-state index in [0.717, 1.165) is 12.8 Å². The molecule has 0 amide bonds. The molecule has 0 aliphatic heterocycles. The van der Waals surface area contributed by atoms with Gasteiger partial charge in [0.25, 0.3) is 0 Å². The highest BCUT2D eigenvalue weighted by Gasteiger charge is 2.03. The molecule has 1 heterocycles. The summed E-state index contributed by atoms with van der Waals surface area (Å²) in [6.45, 7) is 4.16. The van der Waals surface area contributed by atoms with Crippen molar-refractivity contribution in [3.05, 3.63) is 17.9 Å². The number of allylic oxidation sites excluding steroid dienone is 1. The second-order valence-electron chi connectivity index (χ2n) is 2.74. The Morgan fingerprint density at radius 3 is 2.93 bits per heavy atom. The maximum atomic E-state index is 5.67. The lowest BCUT2D eigenvalue weighted by molar-refractivity contribution is 0.287. The second-order valence-corrected chi connectivity index (χ2v) is 3.08.